The second-order valence-electron chi connectivity index (χ2n) is 7.45. The molecular formula is C20H22F3N5O4. The van der Waals surface area contributed by atoms with Gasteiger partial charge in [-0.25, -0.2) is 9.97 Å². The Labute approximate surface area is 181 Å². The van der Waals surface area contributed by atoms with Gasteiger partial charge in [-0.1, -0.05) is 12.1 Å². The van der Waals surface area contributed by atoms with Crippen LogP contribution in [-0.4, -0.2) is 52.3 Å². The second-order valence-corrected chi connectivity index (χ2v) is 7.45. The third kappa shape index (κ3) is 4.36. The Morgan fingerprint density at radius 2 is 1.91 bits per heavy atom. The van der Waals surface area contributed by atoms with Crippen molar-refractivity contribution in [3.05, 3.63) is 41.2 Å². The quantitative estimate of drug-likeness (QED) is 0.530. The lowest BCUT2D eigenvalue weighted by molar-refractivity contribution is -0.255. The zero-order chi connectivity index (χ0) is 23.7. The number of ether oxygens (including phenoxy) is 1. The summed E-state index contributed by atoms with van der Waals surface area (Å²) in [5.74, 6) is -2.71. The van der Waals surface area contributed by atoms with Crippen LogP contribution in [0.3, 0.4) is 0 Å². The Kier molecular flexibility index (Phi) is 6.37. The third-order valence-electron chi connectivity index (χ3n) is 5.27. The number of nitrogens with one attached hydrogen (secondary N) is 1. The first-order valence-corrected chi connectivity index (χ1v) is 9.66. The number of carbonyl (C=O) groups excluding carboxylic acids is 2. The monoisotopic (exact) mass is 453 g/mol. The van der Waals surface area contributed by atoms with E-state index in [1.165, 1.54) is 12.3 Å². The van der Waals surface area contributed by atoms with Crippen LogP contribution in [0.2, 0.25) is 0 Å². The topological polar surface area (TPSA) is 153 Å². The van der Waals surface area contributed by atoms with Crippen molar-refractivity contribution in [2.45, 2.75) is 37.6 Å². The van der Waals surface area contributed by atoms with Gasteiger partial charge in [-0.2, -0.15) is 13.2 Å². The molecule has 0 bridgehead atoms. The predicted molar refractivity (Wildman–Crippen MR) is 107 cm³/mol. The molecule has 2 aromatic rings. The van der Waals surface area contributed by atoms with Crippen LogP contribution < -0.4 is 16.8 Å². The summed E-state index contributed by atoms with van der Waals surface area (Å²) in [6.45, 7) is 2.58. The van der Waals surface area contributed by atoms with Crippen molar-refractivity contribution in [2.75, 3.05) is 18.9 Å². The number of primary amides is 1. The standard InChI is InChI=1S/C20H22F3N5O4/c1-10-2-3-11(19(31,18(25)30)20(21,22)23)8-13(10)14-9-26-16(24)15(28-14)17(29)27-12-4-6-32-7-5-12/h2-3,8-9,12,31H,4-7H2,1H3,(H2,24,26)(H2,25,30)(H,27,29). The van der Waals surface area contributed by atoms with Gasteiger partial charge in [0.2, 0.25) is 0 Å². The number of alkyl halides is 3. The van der Waals surface area contributed by atoms with E-state index in [0.29, 0.717) is 31.6 Å². The van der Waals surface area contributed by atoms with E-state index < -0.39 is 29.2 Å². The Balaban J connectivity index is 2.01. The lowest BCUT2D eigenvalue weighted by atomic mass is 9.89. The highest BCUT2D eigenvalue weighted by Gasteiger charge is 2.60. The molecule has 12 heteroatoms. The number of amides is 2. The molecule has 1 unspecified atom stereocenters. The van der Waals surface area contributed by atoms with Crippen molar-refractivity contribution in [3.63, 3.8) is 0 Å². The van der Waals surface area contributed by atoms with Gasteiger partial charge in [0.15, 0.2) is 11.5 Å². The molecule has 6 N–H and O–H groups in total. The summed E-state index contributed by atoms with van der Waals surface area (Å²) >= 11 is 0. The molecule has 2 amide bonds. The zero-order valence-corrected chi connectivity index (χ0v) is 17.1. The number of hydrogen-bond acceptors (Lipinski definition) is 7. The first-order valence-electron chi connectivity index (χ1n) is 9.66. The maximum atomic E-state index is 13.5. The van der Waals surface area contributed by atoms with Gasteiger partial charge in [0.1, 0.15) is 0 Å². The van der Waals surface area contributed by atoms with E-state index in [9.17, 15) is 27.9 Å². The highest BCUT2D eigenvalue weighted by molar-refractivity contribution is 5.97. The first kappa shape index (κ1) is 23.4. The molecule has 32 heavy (non-hydrogen) atoms. The average molecular weight is 453 g/mol. The third-order valence-corrected chi connectivity index (χ3v) is 5.27. The molecule has 1 atom stereocenters. The molecule has 0 aliphatic carbocycles. The molecule has 9 nitrogen and oxygen atoms in total. The number of halogens is 3. The summed E-state index contributed by atoms with van der Waals surface area (Å²) in [6.07, 6.45) is -2.94. The van der Waals surface area contributed by atoms with E-state index >= 15 is 0 Å². The normalized spacial score (nSPS) is 16.9. The molecule has 1 aromatic heterocycles. The van der Waals surface area contributed by atoms with Gasteiger partial charge in [-0.05, 0) is 31.4 Å². The number of aromatic nitrogens is 2. The van der Waals surface area contributed by atoms with Gasteiger partial charge in [-0.15, -0.1) is 0 Å². The highest BCUT2D eigenvalue weighted by Crippen LogP contribution is 2.40. The van der Waals surface area contributed by atoms with E-state index in [4.69, 9.17) is 16.2 Å². The van der Waals surface area contributed by atoms with E-state index in [0.717, 1.165) is 12.1 Å². The fraction of sp³-hybridized carbons (Fsp3) is 0.400. The van der Waals surface area contributed by atoms with Gasteiger partial charge in [-0.3, -0.25) is 9.59 Å². The number of nitrogens with zero attached hydrogens (tertiary/aromatic N) is 2. The van der Waals surface area contributed by atoms with Crippen LogP contribution in [-0.2, 0) is 15.1 Å². The first-order chi connectivity index (χ1) is 14.9. The molecule has 1 aliphatic heterocycles. The maximum Gasteiger partial charge on any atom is 0.430 e. The summed E-state index contributed by atoms with van der Waals surface area (Å²) in [5.41, 5.74) is 6.39. The Bertz CT molecular complexity index is 1040. The lowest BCUT2D eigenvalue weighted by Gasteiger charge is -2.28. The molecule has 0 spiro atoms. The van der Waals surface area contributed by atoms with E-state index in [1.807, 2.05) is 0 Å². The van der Waals surface area contributed by atoms with Crippen LogP contribution in [0.15, 0.2) is 24.4 Å². The van der Waals surface area contributed by atoms with Crippen molar-refractivity contribution in [1.82, 2.24) is 15.3 Å². The van der Waals surface area contributed by atoms with Crippen molar-refractivity contribution < 1.29 is 32.6 Å². The van der Waals surface area contributed by atoms with Crippen LogP contribution >= 0.6 is 0 Å². The number of aliphatic hydroxyl groups is 1. The smallest absolute Gasteiger partial charge is 0.382 e. The highest BCUT2D eigenvalue weighted by atomic mass is 19.4. The minimum Gasteiger partial charge on any atom is -0.382 e. The van der Waals surface area contributed by atoms with Crippen LogP contribution in [0, 0.1) is 6.92 Å². The Morgan fingerprint density at radius 3 is 2.50 bits per heavy atom. The maximum absolute atomic E-state index is 13.5. The number of nitrogens with two attached hydrogens (primary N) is 2. The number of aryl methyl sites for hydroxylation is 1. The van der Waals surface area contributed by atoms with Gasteiger partial charge in [0.05, 0.1) is 11.9 Å². The fourth-order valence-corrected chi connectivity index (χ4v) is 3.36. The predicted octanol–water partition coefficient (Wildman–Crippen LogP) is 1.18. The molecule has 0 saturated carbocycles. The molecule has 1 fully saturated rings. The van der Waals surface area contributed by atoms with Crippen LogP contribution in [0.4, 0.5) is 19.0 Å². The Hall–Kier alpha value is -3.25. The zero-order valence-electron chi connectivity index (χ0n) is 17.1. The Morgan fingerprint density at radius 1 is 1.25 bits per heavy atom. The van der Waals surface area contributed by atoms with Crippen molar-refractivity contribution in [1.29, 1.82) is 0 Å². The number of nitrogen functional groups attached to an aromatic ring is 1. The van der Waals surface area contributed by atoms with E-state index in [2.05, 4.69) is 15.3 Å². The molecule has 1 aliphatic rings. The molecule has 172 valence electrons. The minimum atomic E-state index is -5.35. The SMILES string of the molecule is Cc1ccc(C(O)(C(N)=O)C(F)(F)F)cc1-c1cnc(N)c(C(=O)NC2CCOCC2)n1. The number of hydrogen-bond donors (Lipinski definition) is 4. The summed E-state index contributed by atoms with van der Waals surface area (Å²) in [6, 6.07) is 3.02. The van der Waals surface area contributed by atoms with Gasteiger partial charge in [0.25, 0.3) is 17.4 Å². The van der Waals surface area contributed by atoms with Crippen LogP contribution in [0.5, 0.6) is 0 Å². The average Bonchev–Trinajstić information content (AvgIpc) is 2.73. The summed E-state index contributed by atoms with van der Waals surface area (Å²) < 4.78 is 45.6. The molecule has 1 aromatic carbocycles. The van der Waals surface area contributed by atoms with Gasteiger partial charge >= 0.3 is 6.18 Å². The molecule has 2 heterocycles. The van der Waals surface area contributed by atoms with Gasteiger partial charge < -0.3 is 26.6 Å². The van der Waals surface area contributed by atoms with Crippen LogP contribution in [0.25, 0.3) is 11.3 Å². The van der Waals surface area contributed by atoms with Crippen molar-refractivity contribution >= 4 is 17.6 Å². The summed E-state index contributed by atoms with van der Waals surface area (Å²) in [5, 5.41) is 12.9. The van der Waals surface area contributed by atoms with E-state index in [1.54, 1.807) is 6.92 Å². The fourth-order valence-electron chi connectivity index (χ4n) is 3.36. The van der Waals surface area contributed by atoms with Crippen LogP contribution in [0.1, 0.15) is 34.5 Å². The molecule has 1 saturated heterocycles. The van der Waals surface area contributed by atoms with Gasteiger partial charge in [0, 0.05) is 30.4 Å². The largest absolute Gasteiger partial charge is 0.430 e. The number of anilines is 1. The summed E-state index contributed by atoms with van der Waals surface area (Å²) in [4.78, 5) is 32.3. The summed E-state index contributed by atoms with van der Waals surface area (Å²) in [7, 11) is 0. The van der Waals surface area contributed by atoms with Crippen molar-refractivity contribution in [3.8, 4) is 11.3 Å². The molecule has 0 radical (unpaired) electrons. The lowest BCUT2D eigenvalue weighted by Crippen LogP contribution is -2.52. The second kappa shape index (κ2) is 8.71. The molecule has 3 rings (SSSR count). The van der Waals surface area contributed by atoms with E-state index in [-0.39, 0.29) is 28.8 Å². The number of benzene rings is 1. The molecular weight excluding hydrogens is 431 g/mol. The van der Waals surface area contributed by atoms with Crippen molar-refractivity contribution in [2.24, 2.45) is 5.73 Å². The number of carbonyl (C=O) groups is 2. The minimum absolute atomic E-state index is 0.0321. The number of rotatable bonds is 5.